The molecule has 8 heavy (non-hydrogen) atoms. The maximum Gasteiger partial charge on any atom is 0.349 e. The highest BCUT2D eigenvalue weighted by molar-refractivity contribution is 6.34. The molecule has 0 atom stereocenters. The second-order valence-corrected chi connectivity index (χ2v) is 0.869. The molecule has 6 heteroatoms. The standard InChI is InChI=1S/C2H4N4O2/c3-5-1(7)2(8)6-4/h3-4H2. The molecule has 0 saturated heterocycles. The average molecular weight is 116 g/mol. The first-order chi connectivity index (χ1) is 3.72. The fourth-order valence-electron chi connectivity index (χ4n) is 0.110. The Morgan fingerprint density at radius 3 is 1.38 bits per heavy atom. The van der Waals surface area contributed by atoms with Gasteiger partial charge in [0.05, 0.1) is 0 Å². The van der Waals surface area contributed by atoms with E-state index in [4.69, 9.17) is 0 Å². The minimum absolute atomic E-state index is 1.15. The Kier molecular flexibility index (Phi) is 2.52. The average Bonchev–Trinajstić information content (AvgIpc) is 1.84. The summed E-state index contributed by atoms with van der Waals surface area (Å²) in [7, 11) is 0. The zero-order valence-electron chi connectivity index (χ0n) is 3.87. The fraction of sp³-hybridized carbons (Fsp3) is 0. The van der Waals surface area contributed by atoms with Crippen LogP contribution in [-0.4, -0.2) is 11.8 Å². The van der Waals surface area contributed by atoms with Gasteiger partial charge in [-0.1, -0.05) is 0 Å². The maximum absolute atomic E-state index is 9.93. The third kappa shape index (κ3) is 1.54. The van der Waals surface area contributed by atoms with Gasteiger partial charge in [-0.05, 0) is 0 Å². The number of nitrogens with two attached hydrogens (primary N) is 2. The van der Waals surface area contributed by atoms with Gasteiger partial charge in [0.15, 0.2) is 0 Å². The molecule has 0 heterocycles. The Morgan fingerprint density at radius 2 is 1.25 bits per heavy atom. The molecule has 4 N–H and O–H groups in total. The molecule has 0 aliphatic rings. The SMILES string of the molecule is N[N]C(=O)C(=O)[N]N. The lowest BCUT2D eigenvalue weighted by Crippen LogP contribution is -2.37. The summed E-state index contributed by atoms with van der Waals surface area (Å²) >= 11 is 0. The van der Waals surface area contributed by atoms with Gasteiger partial charge in [-0.25, -0.2) is 11.7 Å². The van der Waals surface area contributed by atoms with Gasteiger partial charge < -0.3 is 0 Å². The quantitative estimate of drug-likeness (QED) is 0.152. The van der Waals surface area contributed by atoms with Crippen molar-refractivity contribution in [2.75, 3.05) is 0 Å². The van der Waals surface area contributed by atoms with Crippen molar-refractivity contribution in [2.24, 2.45) is 11.7 Å². The molecular weight excluding hydrogens is 112 g/mol. The van der Waals surface area contributed by atoms with E-state index in [1.165, 1.54) is 0 Å². The van der Waals surface area contributed by atoms with Crippen molar-refractivity contribution < 1.29 is 9.59 Å². The molecule has 2 radical (unpaired) electrons. The third-order valence-corrected chi connectivity index (χ3v) is 0.417. The Bertz CT molecular complexity index is 96.6. The zero-order valence-corrected chi connectivity index (χ0v) is 3.87. The Hall–Kier alpha value is -1.14. The Morgan fingerprint density at radius 1 is 1.00 bits per heavy atom. The Balaban J connectivity index is 3.64. The zero-order chi connectivity index (χ0) is 6.57. The van der Waals surface area contributed by atoms with Gasteiger partial charge in [0.2, 0.25) is 0 Å². The van der Waals surface area contributed by atoms with Crippen LogP contribution in [0.3, 0.4) is 0 Å². The molecular formula is C2H4N4O2. The van der Waals surface area contributed by atoms with Crippen molar-refractivity contribution in [3.63, 3.8) is 0 Å². The van der Waals surface area contributed by atoms with Crippen molar-refractivity contribution >= 4 is 11.8 Å². The van der Waals surface area contributed by atoms with Crippen molar-refractivity contribution in [3.8, 4) is 0 Å². The van der Waals surface area contributed by atoms with E-state index in [2.05, 4.69) is 22.5 Å². The van der Waals surface area contributed by atoms with Crippen molar-refractivity contribution in [1.82, 2.24) is 10.9 Å². The molecule has 6 nitrogen and oxygen atoms in total. The lowest BCUT2D eigenvalue weighted by Gasteiger charge is -1.87. The van der Waals surface area contributed by atoms with Gasteiger partial charge >= 0.3 is 11.8 Å². The molecule has 0 fully saturated rings. The predicted molar refractivity (Wildman–Crippen MR) is 22.7 cm³/mol. The van der Waals surface area contributed by atoms with E-state index in [1.54, 1.807) is 0 Å². The molecule has 0 rings (SSSR count). The second-order valence-electron chi connectivity index (χ2n) is 0.869. The third-order valence-electron chi connectivity index (χ3n) is 0.417. The number of rotatable bonds is 0. The molecule has 0 aromatic rings. The van der Waals surface area contributed by atoms with E-state index in [1.807, 2.05) is 0 Å². The van der Waals surface area contributed by atoms with E-state index >= 15 is 0 Å². The molecule has 0 saturated carbocycles. The van der Waals surface area contributed by atoms with E-state index in [-0.39, 0.29) is 0 Å². The van der Waals surface area contributed by atoms with E-state index in [0.717, 1.165) is 0 Å². The van der Waals surface area contributed by atoms with Crippen molar-refractivity contribution in [3.05, 3.63) is 0 Å². The summed E-state index contributed by atoms with van der Waals surface area (Å²) in [6, 6.07) is 0. The van der Waals surface area contributed by atoms with Crippen LogP contribution < -0.4 is 22.5 Å². The molecule has 0 aromatic heterocycles. The van der Waals surface area contributed by atoms with Gasteiger partial charge in [0.25, 0.3) is 0 Å². The first-order valence-electron chi connectivity index (χ1n) is 1.62. The summed E-state index contributed by atoms with van der Waals surface area (Å²) in [4.78, 5) is 19.9. The van der Waals surface area contributed by atoms with Gasteiger partial charge in [-0.3, -0.25) is 9.59 Å². The smallest absolute Gasteiger partial charge is 0.260 e. The highest BCUT2D eigenvalue weighted by Crippen LogP contribution is 1.60. The largest absolute Gasteiger partial charge is 0.349 e. The van der Waals surface area contributed by atoms with Crippen LogP contribution >= 0.6 is 0 Å². The normalized spacial score (nSPS) is 7.75. The van der Waals surface area contributed by atoms with Crippen molar-refractivity contribution in [2.45, 2.75) is 0 Å². The number of hydrogen-bond donors (Lipinski definition) is 2. The maximum atomic E-state index is 9.93. The number of nitrogens with zero attached hydrogens (tertiary/aromatic N) is 2. The topological polar surface area (TPSA) is 114 Å². The lowest BCUT2D eigenvalue weighted by atomic mass is 10.6. The summed E-state index contributed by atoms with van der Waals surface area (Å²) in [6.45, 7) is 0. The fourth-order valence-corrected chi connectivity index (χ4v) is 0.110. The highest BCUT2D eigenvalue weighted by Gasteiger charge is 2.11. The molecule has 0 bridgehead atoms. The summed E-state index contributed by atoms with van der Waals surface area (Å²) < 4.78 is 0. The first-order valence-corrected chi connectivity index (χ1v) is 1.62. The van der Waals surface area contributed by atoms with Crippen LogP contribution in [0.4, 0.5) is 0 Å². The number of carbonyl (C=O) groups excluding carboxylic acids is 2. The molecule has 0 aromatic carbocycles. The van der Waals surface area contributed by atoms with Crippen LogP contribution in [0.15, 0.2) is 0 Å². The minimum Gasteiger partial charge on any atom is -0.260 e. The predicted octanol–water partition coefficient (Wildman–Crippen LogP) is -3.00. The van der Waals surface area contributed by atoms with Gasteiger partial charge in [0, 0.05) is 0 Å². The van der Waals surface area contributed by atoms with E-state index in [9.17, 15) is 9.59 Å². The van der Waals surface area contributed by atoms with E-state index < -0.39 is 11.8 Å². The highest BCUT2D eigenvalue weighted by atomic mass is 16.2. The van der Waals surface area contributed by atoms with Crippen LogP contribution in [-0.2, 0) is 9.59 Å². The van der Waals surface area contributed by atoms with Crippen molar-refractivity contribution in [1.29, 1.82) is 0 Å². The molecule has 2 amide bonds. The number of hydrogen-bond acceptors (Lipinski definition) is 4. The molecule has 0 unspecified atom stereocenters. The number of carbonyl (C=O) groups is 2. The Labute approximate surface area is 45.1 Å². The molecule has 44 valence electrons. The number of amides is 2. The van der Waals surface area contributed by atoms with E-state index in [0.29, 0.717) is 0 Å². The molecule has 0 aliphatic heterocycles. The lowest BCUT2D eigenvalue weighted by molar-refractivity contribution is -0.139. The van der Waals surface area contributed by atoms with Crippen LogP contribution in [0.25, 0.3) is 0 Å². The minimum atomic E-state index is -1.15. The van der Waals surface area contributed by atoms with Crippen LogP contribution in [0.5, 0.6) is 0 Å². The van der Waals surface area contributed by atoms with Crippen LogP contribution in [0.1, 0.15) is 0 Å². The van der Waals surface area contributed by atoms with Crippen LogP contribution in [0, 0.1) is 0 Å². The van der Waals surface area contributed by atoms with Gasteiger partial charge in [-0.15, -0.1) is 0 Å². The van der Waals surface area contributed by atoms with Gasteiger partial charge in [-0.2, -0.15) is 10.9 Å². The second kappa shape index (κ2) is 2.94. The summed E-state index contributed by atoms with van der Waals surface area (Å²) in [5.74, 6) is 6.48. The first kappa shape index (κ1) is 6.86. The molecule has 0 spiro atoms. The summed E-state index contributed by atoms with van der Waals surface area (Å²) in [6.07, 6.45) is 0. The van der Waals surface area contributed by atoms with Crippen LogP contribution in [0.2, 0.25) is 0 Å². The monoisotopic (exact) mass is 116 g/mol. The molecule has 0 aliphatic carbocycles. The summed E-state index contributed by atoms with van der Waals surface area (Å²) in [5, 5.41) is 0. The van der Waals surface area contributed by atoms with Gasteiger partial charge in [0.1, 0.15) is 0 Å². The summed E-state index contributed by atoms with van der Waals surface area (Å²) in [5.41, 5.74) is 4.99.